The Bertz CT molecular complexity index is 1030. The number of aromatic nitrogens is 2. The largest absolute Gasteiger partial charge is 0.497 e. The van der Waals surface area contributed by atoms with Crippen LogP contribution in [0, 0.1) is 10.1 Å². The highest BCUT2D eigenvalue weighted by Gasteiger charge is 2.13. The molecule has 26 heavy (non-hydrogen) atoms. The van der Waals surface area contributed by atoms with Gasteiger partial charge in [-0.15, -0.1) is 0 Å². The molecule has 3 rings (SSSR count). The van der Waals surface area contributed by atoms with E-state index >= 15 is 0 Å². The zero-order chi connectivity index (χ0) is 18.7. The van der Waals surface area contributed by atoms with E-state index < -0.39 is 10.6 Å². The third-order valence-electron chi connectivity index (χ3n) is 4.05. The second-order valence-corrected chi connectivity index (χ2v) is 5.59. The lowest BCUT2D eigenvalue weighted by Crippen LogP contribution is -2.24. The van der Waals surface area contributed by atoms with Crippen LogP contribution in [0.4, 0.5) is 5.69 Å². The van der Waals surface area contributed by atoms with Crippen molar-refractivity contribution < 1.29 is 9.66 Å². The summed E-state index contributed by atoms with van der Waals surface area (Å²) < 4.78 is 6.81. The van der Waals surface area contributed by atoms with E-state index in [9.17, 15) is 14.9 Å². The molecule has 7 heteroatoms. The predicted octanol–water partition coefficient (Wildman–Crippen LogP) is 3.51. The molecule has 0 saturated heterocycles. The van der Waals surface area contributed by atoms with Crippen molar-refractivity contribution in [1.29, 1.82) is 0 Å². The monoisotopic (exact) mass is 351 g/mol. The van der Waals surface area contributed by atoms with Gasteiger partial charge < -0.3 is 4.74 Å². The lowest BCUT2D eigenvalue weighted by molar-refractivity contribution is -0.384. The molecule has 2 aromatic carbocycles. The Balaban J connectivity index is 2.21. The van der Waals surface area contributed by atoms with Crippen LogP contribution in [-0.2, 0) is 6.54 Å². The van der Waals surface area contributed by atoms with Gasteiger partial charge in [-0.1, -0.05) is 24.3 Å². The van der Waals surface area contributed by atoms with E-state index in [-0.39, 0.29) is 5.69 Å². The standard InChI is InChI=1S/C19H17N3O4/c1-3-21-18(14-7-5-9-16(11-14)26-2)12-17(20-19(21)23)13-6-4-8-15(10-13)22(24)25/h4-12H,3H2,1-2H3. The summed E-state index contributed by atoms with van der Waals surface area (Å²) in [4.78, 5) is 27.1. The van der Waals surface area contributed by atoms with Gasteiger partial charge in [0.05, 0.1) is 23.4 Å². The Kier molecular flexibility index (Phi) is 4.79. The maximum Gasteiger partial charge on any atom is 0.348 e. The molecule has 0 aliphatic rings. The highest BCUT2D eigenvalue weighted by atomic mass is 16.6. The first kappa shape index (κ1) is 17.3. The van der Waals surface area contributed by atoms with Crippen LogP contribution in [0.15, 0.2) is 59.4 Å². The molecule has 0 unspecified atom stereocenters. The minimum Gasteiger partial charge on any atom is -0.497 e. The SMILES string of the molecule is CCn1c(-c2cccc(OC)c2)cc(-c2cccc([N+](=O)[O-])c2)nc1=O. The molecule has 0 saturated carbocycles. The van der Waals surface area contributed by atoms with Gasteiger partial charge in [-0.25, -0.2) is 4.79 Å². The Morgan fingerprint density at radius 2 is 1.85 bits per heavy atom. The molecular formula is C19H17N3O4. The number of rotatable bonds is 5. The van der Waals surface area contributed by atoms with Crippen molar-refractivity contribution in [3.8, 4) is 28.3 Å². The fraction of sp³-hybridized carbons (Fsp3) is 0.158. The first-order chi connectivity index (χ1) is 12.5. The number of nitrogens with zero attached hydrogens (tertiary/aromatic N) is 3. The molecule has 0 amide bonds. The van der Waals surface area contributed by atoms with Gasteiger partial charge in [0.15, 0.2) is 0 Å². The average molecular weight is 351 g/mol. The number of hydrogen-bond donors (Lipinski definition) is 0. The molecule has 132 valence electrons. The van der Waals surface area contributed by atoms with Crippen molar-refractivity contribution in [2.75, 3.05) is 7.11 Å². The summed E-state index contributed by atoms with van der Waals surface area (Å²) in [5.74, 6) is 0.673. The van der Waals surface area contributed by atoms with E-state index in [1.807, 2.05) is 31.2 Å². The third-order valence-corrected chi connectivity index (χ3v) is 4.05. The second kappa shape index (κ2) is 7.18. The van der Waals surface area contributed by atoms with E-state index in [1.54, 1.807) is 29.9 Å². The lowest BCUT2D eigenvalue weighted by atomic mass is 10.1. The fourth-order valence-corrected chi connectivity index (χ4v) is 2.76. The first-order valence-electron chi connectivity index (χ1n) is 8.04. The number of methoxy groups -OCH3 is 1. The summed E-state index contributed by atoms with van der Waals surface area (Å²) in [6.45, 7) is 2.31. The smallest absolute Gasteiger partial charge is 0.348 e. The molecule has 7 nitrogen and oxygen atoms in total. The van der Waals surface area contributed by atoms with Gasteiger partial charge in [-0.05, 0) is 25.1 Å². The van der Waals surface area contributed by atoms with Crippen LogP contribution in [0.3, 0.4) is 0 Å². The van der Waals surface area contributed by atoms with Gasteiger partial charge in [0, 0.05) is 29.8 Å². The molecule has 0 aliphatic heterocycles. The number of non-ortho nitro benzene ring substituents is 1. The Morgan fingerprint density at radius 3 is 2.54 bits per heavy atom. The van der Waals surface area contributed by atoms with Crippen molar-refractivity contribution in [2.24, 2.45) is 0 Å². The Morgan fingerprint density at radius 1 is 1.12 bits per heavy atom. The van der Waals surface area contributed by atoms with Crippen LogP contribution in [0.1, 0.15) is 6.92 Å². The van der Waals surface area contributed by atoms with Crippen LogP contribution in [-0.4, -0.2) is 21.6 Å². The zero-order valence-corrected chi connectivity index (χ0v) is 14.4. The average Bonchev–Trinajstić information content (AvgIpc) is 2.67. The van der Waals surface area contributed by atoms with E-state index in [2.05, 4.69) is 4.98 Å². The minimum absolute atomic E-state index is 0.0492. The van der Waals surface area contributed by atoms with Crippen molar-refractivity contribution in [3.05, 3.63) is 75.2 Å². The van der Waals surface area contributed by atoms with E-state index in [0.717, 1.165) is 5.56 Å². The number of nitro benzene ring substituents is 1. The Labute approximate surface area is 149 Å². The lowest BCUT2D eigenvalue weighted by Gasteiger charge is -2.13. The predicted molar refractivity (Wildman–Crippen MR) is 98.2 cm³/mol. The highest BCUT2D eigenvalue weighted by molar-refractivity contribution is 5.70. The quantitative estimate of drug-likeness (QED) is 0.518. The van der Waals surface area contributed by atoms with Crippen LogP contribution in [0.2, 0.25) is 0 Å². The summed E-state index contributed by atoms with van der Waals surface area (Å²) in [7, 11) is 1.58. The molecule has 0 atom stereocenters. The van der Waals surface area contributed by atoms with E-state index in [1.165, 1.54) is 12.1 Å². The topological polar surface area (TPSA) is 87.3 Å². The molecule has 0 spiro atoms. The molecule has 0 fully saturated rings. The van der Waals surface area contributed by atoms with Gasteiger partial charge in [-0.3, -0.25) is 14.7 Å². The van der Waals surface area contributed by atoms with Gasteiger partial charge >= 0.3 is 5.69 Å². The molecule has 1 heterocycles. The summed E-state index contributed by atoms with van der Waals surface area (Å²) in [6, 6.07) is 15.2. The molecule has 0 radical (unpaired) electrons. The second-order valence-electron chi connectivity index (χ2n) is 5.59. The molecule has 0 N–H and O–H groups in total. The van der Waals surface area contributed by atoms with Gasteiger partial charge in [-0.2, -0.15) is 4.98 Å². The van der Waals surface area contributed by atoms with Crippen LogP contribution >= 0.6 is 0 Å². The molecule has 0 bridgehead atoms. The van der Waals surface area contributed by atoms with Gasteiger partial charge in [0.25, 0.3) is 5.69 Å². The molecule has 1 aromatic heterocycles. The normalized spacial score (nSPS) is 10.5. The van der Waals surface area contributed by atoms with Crippen LogP contribution in [0.5, 0.6) is 5.75 Å². The third kappa shape index (κ3) is 3.32. The maximum absolute atomic E-state index is 12.5. The van der Waals surface area contributed by atoms with Crippen LogP contribution < -0.4 is 10.4 Å². The highest BCUT2D eigenvalue weighted by Crippen LogP contribution is 2.27. The van der Waals surface area contributed by atoms with E-state index in [0.29, 0.717) is 29.2 Å². The van der Waals surface area contributed by atoms with Crippen molar-refractivity contribution in [2.45, 2.75) is 13.5 Å². The summed E-state index contributed by atoms with van der Waals surface area (Å²) in [5, 5.41) is 11.0. The van der Waals surface area contributed by atoms with Crippen molar-refractivity contribution >= 4 is 5.69 Å². The van der Waals surface area contributed by atoms with Crippen molar-refractivity contribution in [1.82, 2.24) is 9.55 Å². The Hall–Kier alpha value is -3.48. The number of hydrogen-bond acceptors (Lipinski definition) is 5. The number of nitro groups is 1. The van der Waals surface area contributed by atoms with Gasteiger partial charge in [0.1, 0.15) is 5.75 Å². The van der Waals surface area contributed by atoms with Gasteiger partial charge in [0.2, 0.25) is 0 Å². The number of benzene rings is 2. The minimum atomic E-state index is -0.472. The maximum atomic E-state index is 12.5. The van der Waals surface area contributed by atoms with E-state index in [4.69, 9.17) is 4.74 Å². The fourth-order valence-electron chi connectivity index (χ4n) is 2.76. The van der Waals surface area contributed by atoms with Crippen LogP contribution in [0.25, 0.3) is 22.5 Å². The first-order valence-corrected chi connectivity index (χ1v) is 8.04. The molecule has 0 aliphatic carbocycles. The number of ether oxygens (including phenoxy) is 1. The molecular weight excluding hydrogens is 334 g/mol. The molecule has 3 aromatic rings. The zero-order valence-electron chi connectivity index (χ0n) is 14.4. The van der Waals surface area contributed by atoms with Crippen molar-refractivity contribution in [3.63, 3.8) is 0 Å². The summed E-state index contributed by atoms with van der Waals surface area (Å²) in [5.41, 5.74) is 1.93. The summed E-state index contributed by atoms with van der Waals surface area (Å²) >= 11 is 0. The summed E-state index contributed by atoms with van der Waals surface area (Å²) in [6.07, 6.45) is 0.